The lowest BCUT2D eigenvalue weighted by molar-refractivity contribution is -0.684. The van der Waals surface area contributed by atoms with Gasteiger partial charge in [-0.1, -0.05) is 37.3 Å². The quantitative estimate of drug-likeness (QED) is 0.799. The van der Waals surface area contributed by atoms with Crippen molar-refractivity contribution in [3.63, 3.8) is 0 Å². The molecule has 0 aliphatic rings. The van der Waals surface area contributed by atoms with Crippen molar-refractivity contribution in [2.24, 2.45) is 0 Å². The van der Waals surface area contributed by atoms with E-state index in [1.807, 2.05) is 56.6 Å². The van der Waals surface area contributed by atoms with E-state index in [1.165, 1.54) is 11.1 Å². The minimum Gasteiger partial charge on any atom is -0.335 e. The highest BCUT2D eigenvalue weighted by molar-refractivity contribution is 5.93. The number of urea groups is 1. The van der Waals surface area contributed by atoms with Gasteiger partial charge in [0.15, 0.2) is 12.4 Å². The van der Waals surface area contributed by atoms with Gasteiger partial charge in [0.1, 0.15) is 0 Å². The molecule has 126 valence electrons. The highest BCUT2D eigenvalue weighted by Gasteiger charge is 2.13. The Morgan fingerprint density at radius 3 is 2.29 bits per heavy atom. The molecule has 1 heterocycles. The van der Waals surface area contributed by atoms with Crippen molar-refractivity contribution in [2.45, 2.75) is 39.3 Å². The molecule has 1 aromatic heterocycles. The maximum absolute atomic E-state index is 11.9. The standard InChI is InChI=1S/C19H23N3O2/c1-3-15(2)20-19(24)21-18(23)14-22-11-9-17(10-12-22)13-16-7-5-4-6-8-16/h4-12,15H,3,13-14H2,1-2H3,(H-,20,21,23,24)/p+1/t15-/m1/s1. The van der Waals surface area contributed by atoms with E-state index in [-0.39, 0.29) is 18.5 Å². The second kappa shape index (κ2) is 8.82. The van der Waals surface area contributed by atoms with Crippen LogP contribution in [-0.2, 0) is 17.8 Å². The maximum Gasteiger partial charge on any atom is 0.321 e. The molecular formula is C19H24N3O2+. The maximum atomic E-state index is 11.9. The highest BCUT2D eigenvalue weighted by atomic mass is 16.2. The van der Waals surface area contributed by atoms with Crippen molar-refractivity contribution < 1.29 is 14.2 Å². The van der Waals surface area contributed by atoms with Gasteiger partial charge in [-0.05, 0) is 30.9 Å². The third-order valence-electron chi connectivity index (χ3n) is 3.78. The number of amides is 3. The first-order valence-electron chi connectivity index (χ1n) is 8.19. The fourth-order valence-electron chi connectivity index (χ4n) is 2.24. The van der Waals surface area contributed by atoms with E-state index >= 15 is 0 Å². The number of pyridine rings is 1. The van der Waals surface area contributed by atoms with Crippen molar-refractivity contribution in [3.8, 4) is 0 Å². The molecule has 0 spiro atoms. The lowest BCUT2D eigenvalue weighted by atomic mass is 10.1. The molecule has 0 fully saturated rings. The molecule has 2 rings (SSSR count). The zero-order chi connectivity index (χ0) is 17.4. The summed E-state index contributed by atoms with van der Waals surface area (Å²) in [5, 5.41) is 5.04. The Hall–Kier alpha value is -2.69. The fourth-order valence-corrected chi connectivity index (χ4v) is 2.24. The van der Waals surface area contributed by atoms with Gasteiger partial charge in [0.05, 0.1) is 0 Å². The summed E-state index contributed by atoms with van der Waals surface area (Å²) in [6, 6.07) is 13.8. The molecule has 2 aromatic rings. The average Bonchev–Trinajstić information content (AvgIpc) is 2.57. The topological polar surface area (TPSA) is 62.1 Å². The lowest BCUT2D eigenvalue weighted by Crippen LogP contribution is -2.48. The number of rotatable bonds is 6. The summed E-state index contributed by atoms with van der Waals surface area (Å²) >= 11 is 0. The van der Waals surface area contributed by atoms with Gasteiger partial charge < -0.3 is 5.32 Å². The number of nitrogens with one attached hydrogen (secondary N) is 2. The Morgan fingerprint density at radius 1 is 1.04 bits per heavy atom. The molecule has 0 aliphatic carbocycles. The Morgan fingerprint density at radius 2 is 1.67 bits per heavy atom. The number of carbonyl (C=O) groups is 2. The molecule has 5 nitrogen and oxygen atoms in total. The van der Waals surface area contributed by atoms with Crippen molar-refractivity contribution >= 4 is 11.9 Å². The van der Waals surface area contributed by atoms with Crippen LogP contribution < -0.4 is 15.2 Å². The second-order valence-corrected chi connectivity index (χ2v) is 5.87. The molecule has 1 atom stereocenters. The van der Waals surface area contributed by atoms with E-state index in [2.05, 4.69) is 22.8 Å². The van der Waals surface area contributed by atoms with Crippen molar-refractivity contribution in [3.05, 3.63) is 66.0 Å². The van der Waals surface area contributed by atoms with E-state index in [0.29, 0.717) is 0 Å². The monoisotopic (exact) mass is 326 g/mol. The molecule has 24 heavy (non-hydrogen) atoms. The normalized spacial score (nSPS) is 11.6. The Balaban J connectivity index is 1.85. The minimum absolute atomic E-state index is 0.0442. The smallest absolute Gasteiger partial charge is 0.321 e. The average molecular weight is 326 g/mol. The van der Waals surface area contributed by atoms with E-state index in [9.17, 15) is 9.59 Å². The van der Waals surface area contributed by atoms with E-state index in [4.69, 9.17) is 0 Å². The molecule has 0 bridgehead atoms. The Bertz CT molecular complexity index is 669. The van der Waals surface area contributed by atoms with E-state index in [0.717, 1.165) is 12.8 Å². The number of carbonyl (C=O) groups excluding carboxylic acids is 2. The number of benzene rings is 1. The van der Waals surface area contributed by atoms with Gasteiger partial charge in [-0.15, -0.1) is 0 Å². The fraction of sp³-hybridized carbons (Fsp3) is 0.316. The summed E-state index contributed by atoms with van der Waals surface area (Å²) < 4.78 is 1.75. The molecule has 0 radical (unpaired) electrons. The molecule has 0 saturated carbocycles. The molecule has 2 N–H and O–H groups in total. The summed E-state index contributed by atoms with van der Waals surface area (Å²) in [4.78, 5) is 23.5. The Kier molecular flexibility index (Phi) is 6.49. The van der Waals surface area contributed by atoms with Crippen LogP contribution in [-0.4, -0.2) is 18.0 Å². The van der Waals surface area contributed by atoms with E-state index in [1.54, 1.807) is 4.57 Å². The summed E-state index contributed by atoms with van der Waals surface area (Å²) in [6.45, 7) is 3.98. The molecular weight excluding hydrogens is 302 g/mol. The third-order valence-corrected chi connectivity index (χ3v) is 3.78. The summed E-state index contributed by atoms with van der Waals surface area (Å²) in [7, 11) is 0. The first-order valence-corrected chi connectivity index (χ1v) is 8.19. The molecule has 5 heteroatoms. The van der Waals surface area contributed by atoms with Crippen LogP contribution in [0.15, 0.2) is 54.9 Å². The van der Waals surface area contributed by atoms with Crippen LogP contribution in [0, 0.1) is 0 Å². The first-order chi connectivity index (χ1) is 11.6. The first kappa shape index (κ1) is 17.7. The zero-order valence-corrected chi connectivity index (χ0v) is 14.2. The lowest BCUT2D eigenvalue weighted by Gasteiger charge is -2.10. The van der Waals surface area contributed by atoms with Gasteiger partial charge in [0.2, 0.25) is 6.54 Å². The largest absolute Gasteiger partial charge is 0.335 e. The highest BCUT2D eigenvalue weighted by Crippen LogP contribution is 2.07. The van der Waals surface area contributed by atoms with Crippen LogP contribution in [0.25, 0.3) is 0 Å². The molecule has 0 saturated heterocycles. The van der Waals surface area contributed by atoms with Crippen LogP contribution >= 0.6 is 0 Å². The number of hydrogen-bond donors (Lipinski definition) is 2. The molecule has 0 unspecified atom stereocenters. The van der Waals surface area contributed by atoms with Gasteiger partial charge in [0, 0.05) is 18.2 Å². The predicted molar refractivity (Wildman–Crippen MR) is 92.3 cm³/mol. The van der Waals surface area contributed by atoms with Gasteiger partial charge in [0.25, 0.3) is 5.91 Å². The Labute approximate surface area is 142 Å². The predicted octanol–water partition coefficient (Wildman–Crippen LogP) is 2.19. The summed E-state index contributed by atoms with van der Waals surface area (Å²) in [5.74, 6) is -0.336. The zero-order valence-electron chi connectivity index (χ0n) is 14.2. The molecule has 3 amide bonds. The number of hydrogen-bond acceptors (Lipinski definition) is 2. The van der Waals surface area contributed by atoms with Crippen molar-refractivity contribution in [1.29, 1.82) is 0 Å². The number of imide groups is 1. The SMILES string of the molecule is CC[C@@H](C)NC(=O)NC(=O)C[n+]1ccc(Cc2ccccc2)cc1. The van der Waals surface area contributed by atoms with Crippen LogP contribution in [0.2, 0.25) is 0 Å². The van der Waals surface area contributed by atoms with Gasteiger partial charge >= 0.3 is 6.03 Å². The molecule has 0 aliphatic heterocycles. The van der Waals surface area contributed by atoms with Crippen molar-refractivity contribution in [1.82, 2.24) is 10.6 Å². The van der Waals surface area contributed by atoms with Crippen LogP contribution in [0.4, 0.5) is 4.79 Å². The molecule has 1 aromatic carbocycles. The van der Waals surface area contributed by atoms with Crippen LogP contribution in [0.1, 0.15) is 31.4 Å². The van der Waals surface area contributed by atoms with E-state index < -0.39 is 6.03 Å². The third kappa shape index (κ3) is 5.83. The van der Waals surface area contributed by atoms with Crippen LogP contribution in [0.5, 0.6) is 0 Å². The van der Waals surface area contributed by atoms with Gasteiger partial charge in [-0.25, -0.2) is 4.79 Å². The number of nitrogens with zero attached hydrogens (tertiary/aromatic N) is 1. The van der Waals surface area contributed by atoms with Crippen LogP contribution in [0.3, 0.4) is 0 Å². The summed E-state index contributed by atoms with van der Waals surface area (Å²) in [5.41, 5.74) is 2.42. The summed E-state index contributed by atoms with van der Waals surface area (Å²) in [6.07, 6.45) is 5.37. The number of aromatic nitrogens is 1. The van der Waals surface area contributed by atoms with Gasteiger partial charge in [-0.2, -0.15) is 4.57 Å². The second-order valence-electron chi connectivity index (χ2n) is 5.87. The van der Waals surface area contributed by atoms with Gasteiger partial charge in [-0.3, -0.25) is 10.1 Å². The van der Waals surface area contributed by atoms with Crippen molar-refractivity contribution in [2.75, 3.05) is 0 Å². The minimum atomic E-state index is -0.448.